The number of fused-ring (bicyclic) bond motifs is 3. The van der Waals surface area contributed by atoms with Crippen molar-refractivity contribution in [2.24, 2.45) is 7.05 Å². The summed E-state index contributed by atoms with van der Waals surface area (Å²) < 4.78 is 10.2. The predicted octanol–water partition coefficient (Wildman–Crippen LogP) is 9.71. The molecule has 1 amide bonds. The highest BCUT2D eigenvalue weighted by Gasteiger charge is 2.33. The quantitative estimate of drug-likeness (QED) is 0.148. The smallest absolute Gasteiger partial charge is 0.335 e. The molecule has 1 aliphatic rings. The van der Waals surface area contributed by atoms with Gasteiger partial charge in [0, 0.05) is 71.0 Å². The first-order valence-corrected chi connectivity index (χ1v) is 18.5. The molecule has 11 heteroatoms. The molecule has 3 aromatic heterocycles. The van der Waals surface area contributed by atoms with Crippen LogP contribution in [0.25, 0.3) is 33.2 Å². The van der Waals surface area contributed by atoms with E-state index in [0.29, 0.717) is 60.9 Å². The summed E-state index contributed by atoms with van der Waals surface area (Å²) in [7, 11) is 1.92. The molecule has 6 aromatic rings. The number of carboxylic acids is 1. The highest BCUT2D eigenvalue weighted by Crippen LogP contribution is 2.43. The topological polar surface area (TPSA) is 102 Å². The van der Waals surface area contributed by atoms with Crippen LogP contribution in [0.3, 0.4) is 0 Å². The lowest BCUT2D eigenvalue weighted by Crippen LogP contribution is -2.32. The maximum Gasteiger partial charge on any atom is 0.335 e. The normalized spacial score (nSPS) is 13.1. The number of halogens is 2. The number of pyridine rings is 1. The molecule has 1 N–H and O–H groups in total. The van der Waals surface area contributed by atoms with Crippen molar-refractivity contribution in [1.82, 2.24) is 19.3 Å². The van der Waals surface area contributed by atoms with Crippen molar-refractivity contribution in [3.05, 3.63) is 116 Å². The minimum Gasteiger partial charge on any atom is -0.494 e. The van der Waals surface area contributed by atoms with Crippen LogP contribution < -0.4 is 9.64 Å². The zero-order valence-corrected chi connectivity index (χ0v) is 32.2. The maximum absolute atomic E-state index is 15.1. The van der Waals surface area contributed by atoms with E-state index in [2.05, 4.69) is 9.55 Å². The molecule has 0 spiro atoms. The van der Waals surface area contributed by atoms with E-state index in [1.165, 1.54) is 0 Å². The summed E-state index contributed by atoms with van der Waals surface area (Å²) in [4.78, 5) is 33.5. The lowest BCUT2D eigenvalue weighted by Gasteiger charge is -2.23. The zero-order valence-electron chi connectivity index (χ0n) is 30.7. The summed E-state index contributed by atoms with van der Waals surface area (Å²) in [5, 5.41) is 17.1. The first kappa shape index (κ1) is 36.2. The molecule has 0 unspecified atom stereocenters. The van der Waals surface area contributed by atoms with Crippen molar-refractivity contribution in [1.29, 1.82) is 0 Å². The van der Waals surface area contributed by atoms with Gasteiger partial charge in [0.25, 0.3) is 5.91 Å². The number of amides is 1. The predicted molar refractivity (Wildman–Crippen MR) is 211 cm³/mol. The molecule has 0 bridgehead atoms. The third-order valence-corrected chi connectivity index (χ3v) is 11.2. The number of aromatic carboxylic acids is 1. The van der Waals surface area contributed by atoms with Crippen LogP contribution in [0, 0.1) is 34.6 Å². The van der Waals surface area contributed by atoms with E-state index >= 15 is 4.79 Å². The van der Waals surface area contributed by atoms with Crippen LogP contribution in [-0.4, -0.2) is 49.5 Å². The SMILES string of the molecule is Cc1ccncc1-c1cc(C(=O)O)cc(N2CCCn3c(c(CCCOc4cc(C)c(Cl)c(C)c4)c4ccc(Cl)c(-c5c(C)nn(C)c5C)c43)C2=O)c1. The van der Waals surface area contributed by atoms with Crippen molar-refractivity contribution < 1.29 is 19.4 Å². The zero-order chi connectivity index (χ0) is 37.7. The maximum atomic E-state index is 15.1. The molecule has 53 heavy (non-hydrogen) atoms. The molecular weight excluding hydrogens is 709 g/mol. The standard InChI is InChI=1S/C42H41Cl2N5O4/c1-23-12-13-45-22-34(23)28-19-29(42(51)52)21-30(20-28)48-14-8-15-49-39-33(10-11-35(43)37(39)36-26(4)46-47(6)27(36)5)32(40(49)41(48)50)9-7-16-53-31-17-24(2)38(44)25(3)18-31/h10-13,17-22H,7-9,14-16H2,1-6H3,(H,51,52). The molecular formula is C42H41Cl2N5O4. The minimum atomic E-state index is -1.07. The molecule has 0 atom stereocenters. The van der Waals surface area contributed by atoms with Crippen LogP contribution in [0.5, 0.6) is 5.75 Å². The number of benzene rings is 3. The van der Waals surface area contributed by atoms with Gasteiger partial charge in [-0.1, -0.05) is 29.3 Å². The van der Waals surface area contributed by atoms with Gasteiger partial charge in [0.15, 0.2) is 0 Å². The molecule has 0 saturated heterocycles. The van der Waals surface area contributed by atoms with Gasteiger partial charge in [0.05, 0.1) is 28.4 Å². The lowest BCUT2D eigenvalue weighted by molar-refractivity contribution is 0.0696. The van der Waals surface area contributed by atoms with Gasteiger partial charge in [0.1, 0.15) is 11.4 Å². The number of aromatic nitrogens is 4. The summed E-state index contributed by atoms with van der Waals surface area (Å²) in [6.07, 6.45) is 5.27. The third kappa shape index (κ3) is 6.57. The Bertz CT molecular complexity index is 2420. The Morgan fingerprint density at radius 3 is 2.38 bits per heavy atom. The molecule has 7 rings (SSSR count). The van der Waals surface area contributed by atoms with Gasteiger partial charge < -0.3 is 19.3 Å². The second-order valence-electron chi connectivity index (χ2n) is 13.9. The Labute approximate surface area is 318 Å². The van der Waals surface area contributed by atoms with E-state index < -0.39 is 5.97 Å². The molecule has 272 valence electrons. The fourth-order valence-corrected chi connectivity index (χ4v) is 8.05. The van der Waals surface area contributed by atoms with E-state index in [-0.39, 0.29) is 11.5 Å². The first-order chi connectivity index (χ1) is 25.3. The Morgan fingerprint density at radius 2 is 1.70 bits per heavy atom. The number of ether oxygens (including phenoxy) is 1. The number of carbonyl (C=O) groups excluding carboxylic acids is 1. The van der Waals surface area contributed by atoms with E-state index in [1.54, 1.807) is 29.4 Å². The Balaban J connectivity index is 1.37. The first-order valence-electron chi connectivity index (χ1n) is 17.7. The molecule has 3 aromatic carbocycles. The van der Waals surface area contributed by atoms with E-state index in [0.717, 1.165) is 72.0 Å². The van der Waals surface area contributed by atoms with Crippen LogP contribution in [0.4, 0.5) is 5.69 Å². The van der Waals surface area contributed by atoms with E-state index in [9.17, 15) is 9.90 Å². The molecule has 9 nitrogen and oxygen atoms in total. The number of carboxylic acid groups (broad SMARTS) is 1. The van der Waals surface area contributed by atoms with E-state index in [1.807, 2.05) is 82.7 Å². The average Bonchev–Trinajstić information content (AvgIpc) is 3.49. The van der Waals surface area contributed by atoms with Gasteiger partial charge in [-0.2, -0.15) is 5.10 Å². The highest BCUT2D eigenvalue weighted by atomic mass is 35.5. The summed E-state index contributed by atoms with van der Waals surface area (Å²) in [6, 6.07) is 14.8. The highest BCUT2D eigenvalue weighted by molar-refractivity contribution is 6.35. The molecule has 4 heterocycles. The summed E-state index contributed by atoms with van der Waals surface area (Å²) in [5.74, 6) is -0.516. The van der Waals surface area contributed by atoms with Gasteiger partial charge >= 0.3 is 5.97 Å². The van der Waals surface area contributed by atoms with Crippen LogP contribution >= 0.6 is 23.2 Å². The van der Waals surface area contributed by atoms with Crippen LogP contribution in [0.2, 0.25) is 10.0 Å². The van der Waals surface area contributed by atoms with Gasteiger partial charge in [-0.05, 0) is 124 Å². The van der Waals surface area contributed by atoms with Crippen LogP contribution in [-0.2, 0) is 20.0 Å². The molecule has 0 radical (unpaired) electrons. The van der Waals surface area contributed by atoms with Gasteiger partial charge in [-0.15, -0.1) is 0 Å². The largest absolute Gasteiger partial charge is 0.494 e. The van der Waals surface area contributed by atoms with Crippen molar-refractivity contribution in [2.75, 3.05) is 18.1 Å². The monoisotopic (exact) mass is 749 g/mol. The van der Waals surface area contributed by atoms with Gasteiger partial charge in [-0.3, -0.25) is 14.5 Å². The lowest BCUT2D eigenvalue weighted by atomic mass is 9.97. The number of hydrogen-bond acceptors (Lipinski definition) is 5. The number of nitrogens with zero attached hydrogens (tertiary/aromatic N) is 5. The second kappa shape index (κ2) is 14.4. The number of hydrogen-bond donors (Lipinski definition) is 1. The van der Waals surface area contributed by atoms with Crippen molar-refractivity contribution in [2.45, 2.75) is 60.4 Å². The summed E-state index contributed by atoms with van der Waals surface area (Å²) >= 11 is 13.5. The van der Waals surface area contributed by atoms with Gasteiger partial charge in [0.2, 0.25) is 0 Å². The number of anilines is 1. The Kier molecular flexibility index (Phi) is 9.83. The fourth-order valence-electron chi connectivity index (χ4n) is 7.69. The number of carbonyl (C=O) groups is 2. The fraction of sp³-hybridized carbons (Fsp3) is 0.286. The number of rotatable bonds is 9. The van der Waals surface area contributed by atoms with Gasteiger partial charge in [-0.25, -0.2) is 4.79 Å². The van der Waals surface area contributed by atoms with E-state index in [4.69, 9.17) is 33.0 Å². The summed E-state index contributed by atoms with van der Waals surface area (Å²) in [5.41, 5.74) is 11.0. The van der Waals surface area contributed by atoms with Crippen molar-refractivity contribution in [3.8, 4) is 28.0 Å². The Hall–Kier alpha value is -5.12. The molecule has 0 aliphatic carbocycles. The number of aryl methyl sites for hydroxylation is 7. The minimum absolute atomic E-state index is 0.0972. The average molecular weight is 751 g/mol. The molecule has 1 aliphatic heterocycles. The molecule has 0 saturated carbocycles. The van der Waals surface area contributed by atoms with Crippen molar-refractivity contribution >= 4 is 51.7 Å². The Morgan fingerprint density at radius 1 is 0.943 bits per heavy atom. The van der Waals surface area contributed by atoms with Crippen LogP contribution in [0.1, 0.15) is 67.3 Å². The van der Waals surface area contributed by atoms with Crippen molar-refractivity contribution in [3.63, 3.8) is 0 Å². The molecule has 0 fully saturated rings. The van der Waals surface area contributed by atoms with Crippen LogP contribution in [0.15, 0.2) is 60.9 Å². The second-order valence-corrected chi connectivity index (χ2v) is 14.6. The third-order valence-electron chi connectivity index (χ3n) is 10.3. The summed E-state index contributed by atoms with van der Waals surface area (Å²) in [6.45, 7) is 11.3.